The molecule has 1 aliphatic carbocycles. The van der Waals surface area contributed by atoms with Gasteiger partial charge in [0.15, 0.2) is 0 Å². The summed E-state index contributed by atoms with van der Waals surface area (Å²) in [7, 11) is 0. The topological polar surface area (TPSA) is 38.0 Å². The first-order valence-electron chi connectivity index (χ1n) is 5.63. The van der Waals surface area contributed by atoms with Gasteiger partial charge in [-0.15, -0.1) is 0 Å². The average molecular weight is 249 g/mol. The SMILES string of the molecule is Cc1nccn1-c1ccc(C2(O)CC2)cc1Cl. The lowest BCUT2D eigenvalue weighted by molar-refractivity contribution is 0.151. The second-order valence-corrected chi connectivity index (χ2v) is 4.95. The fourth-order valence-corrected chi connectivity index (χ4v) is 2.30. The van der Waals surface area contributed by atoms with Crippen LogP contribution in [0.3, 0.4) is 0 Å². The summed E-state index contributed by atoms with van der Waals surface area (Å²) in [5.41, 5.74) is 1.17. The monoisotopic (exact) mass is 248 g/mol. The molecule has 1 aromatic heterocycles. The molecule has 1 aromatic carbocycles. The minimum absolute atomic E-state index is 0.633. The molecule has 17 heavy (non-hydrogen) atoms. The predicted molar refractivity (Wildman–Crippen MR) is 66.4 cm³/mol. The van der Waals surface area contributed by atoms with E-state index in [0.717, 1.165) is 29.9 Å². The Morgan fingerprint density at radius 3 is 2.71 bits per heavy atom. The summed E-state index contributed by atoms with van der Waals surface area (Å²) >= 11 is 6.27. The molecule has 1 N–H and O–H groups in total. The first kappa shape index (κ1) is 10.8. The fourth-order valence-electron chi connectivity index (χ4n) is 2.03. The molecule has 0 atom stereocenters. The number of benzene rings is 1. The number of aliphatic hydroxyl groups is 1. The van der Waals surface area contributed by atoms with Crippen LogP contribution in [0.1, 0.15) is 24.2 Å². The van der Waals surface area contributed by atoms with E-state index in [2.05, 4.69) is 4.98 Å². The van der Waals surface area contributed by atoms with Gasteiger partial charge in [-0.25, -0.2) is 4.98 Å². The van der Waals surface area contributed by atoms with E-state index in [1.54, 1.807) is 6.20 Å². The number of nitrogens with zero attached hydrogens (tertiary/aromatic N) is 2. The third-order valence-corrected chi connectivity index (χ3v) is 3.60. The molecule has 4 heteroatoms. The van der Waals surface area contributed by atoms with Crippen molar-refractivity contribution in [1.29, 1.82) is 0 Å². The van der Waals surface area contributed by atoms with Crippen molar-refractivity contribution in [3.05, 3.63) is 47.0 Å². The van der Waals surface area contributed by atoms with Crippen molar-refractivity contribution >= 4 is 11.6 Å². The summed E-state index contributed by atoms with van der Waals surface area (Å²) in [4.78, 5) is 4.17. The van der Waals surface area contributed by atoms with Crippen molar-refractivity contribution < 1.29 is 5.11 Å². The van der Waals surface area contributed by atoms with Crippen LogP contribution >= 0.6 is 11.6 Å². The van der Waals surface area contributed by atoms with Gasteiger partial charge in [0.25, 0.3) is 0 Å². The maximum atomic E-state index is 10.0. The molecule has 1 fully saturated rings. The molecule has 0 saturated heterocycles. The molecule has 1 saturated carbocycles. The Kier molecular flexibility index (Phi) is 2.28. The molecule has 1 aliphatic rings. The number of hydrogen-bond acceptors (Lipinski definition) is 2. The lowest BCUT2D eigenvalue weighted by Gasteiger charge is -2.12. The summed E-state index contributed by atoms with van der Waals surface area (Å²) in [5, 5.41) is 10.7. The Balaban J connectivity index is 2.06. The molecule has 0 spiro atoms. The zero-order valence-corrected chi connectivity index (χ0v) is 10.3. The van der Waals surface area contributed by atoms with Crippen LogP contribution in [0.25, 0.3) is 5.69 Å². The Morgan fingerprint density at radius 1 is 1.41 bits per heavy atom. The van der Waals surface area contributed by atoms with Crippen LogP contribution in [0, 0.1) is 6.92 Å². The van der Waals surface area contributed by atoms with Gasteiger partial charge in [-0.1, -0.05) is 17.7 Å². The average Bonchev–Trinajstić information content (AvgIpc) is 2.91. The Bertz CT molecular complexity index is 573. The van der Waals surface area contributed by atoms with Gasteiger partial charge in [-0.2, -0.15) is 0 Å². The quantitative estimate of drug-likeness (QED) is 0.888. The van der Waals surface area contributed by atoms with Gasteiger partial charge in [0.05, 0.1) is 16.3 Å². The number of halogens is 1. The number of rotatable bonds is 2. The first-order valence-corrected chi connectivity index (χ1v) is 6.01. The zero-order valence-electron chi connectivity index (χ0n) is 9.52. The molecule has 2 aromatic rings. The van der Waals surface area contributed by atoms with Crippen LogP contribution in [0.4, 0.5) is 0 Å². The third-order valence-electron chi connectivity index (χ3n) is 3.29. The van der Waals surface area contributed by atoms with Gasteiger partial charge < -0.3 is 9.67 Å². The summed E-state index contributed by atoms with van der Waals surface area (Å²) in [6, 6.07) is 5.72. The van der Waals surface area contributed by atoms with E-state index in [1.165, 1.54) is 0 Å². The van der Waals surface area contributed by atoms with E-state index in [4.69, 9.17) is 11.6 Å². The lowest BCUT2D eigenvalue weighted by atomic mass is 10.1. The van der Waals surface area contributed by atoms with Crippen molar-refractivity contribution in [1.82, 2.24) is 9.55 Å². The molecule has 3 nitrogen and oxygen atoms in total. The second kappa shape index (κ2) is 3.59. The van der Waals surface area contributed by atoms with Crippen LogP contribution in [-0.4, -0.2) is 14.7 Å². The fraction of sp³-hybridized carbons (Fsp3) is 0.308. The standard InChI is InChI=1S/C13H13ClN2O/c1-9-15-6-7-16(9)12-3-2-10(8-11(12)14)13(17)4-5-13/h2-3,6-8,17H,4-5H2,1H3. The second-order valence-electron chi connectivity index (χ2n) is 4.54. The van der Waals surface area contributed by atoms with E-state index < -0.39 is 5.60 Å². The Labute approximate surface area is 105 Å². The minimum atomic E-state index is -0.633. The smallest absolute Gasteiger partial charge is 0.110 e. The van der Waals surface area contributed by atoms with Crippen molar-refractivity contribution in [3.8, 4) is 5.69 Å². The number of hydrogen-bond donors (Lipinski definition) is 1. The van der Waals surface area contributed by atoms with Gasteiger partial charge in [0, 0.05) is 12.4 Å². The first-order chi connectivity index (χ1) is 8.10. The Morgan fingerprint density at radius 2 is 2.18 bits per heavy atom. The number of aryl methyl sites for hydroxylation is 1. The van der Waals surface area contributed by atoms with Gasteiger partial charge in [0.2, 0.25) is 0 Å². The van der Waals surface area contributed by atoms with Crippen LogP contribution < -0.4 is 0 Å². The van der Waals surface area contributed by atoms with Gasteiger partial charge in [0.1, 0.15) is 5.82 Å². The van der Waals surface area contributed by atoms with Crippen LogP contribution in [-0.2, 0) is 5.60 Å². The molecule has 0 radical (unpaired) electrons. The van der Waals surface area contributed by atoms with Crippen molar-refractivity contribution in [2.45, 2.75) is 25.4 Å². The molecular formula is C13H13ClN2O. The largest absolute Gasteiger partial charge is 0.385 e. The summed E-state index contributed by atoms with van der Waals surface area (Å²) in [5.74, 6) is 0.893. The third kappa shape index (κ3) is 1.75. The molecule has 88 valence electrons. The van der Waals surface area contributed by atoms with E-state index >= 15 is 0 Å². The zero-order chi connectivity index (χ0) is 12.0. The van der Waals surface area contributed by atoms with Crippen LogP contribution in [0.2, 0.25) is 5.02 Å². The normalized spacial score (nSPS) is 17.1. The summed E-state index contributed by atoms with van der Waals surface area (Å²) in [6.07, 6.45) is 5.27. The highest BCUT2D eigenvalue weighted by Gasteiger charge is 2.42. The molecule has 0 amide bonds. The molecule has 0 bridgehead atoms. The van der Waals surface area contributed by atoms with Gasteiger partial charge >= 0.3 is 0 Å². The predicted octanol–water partition coefficient (Wildman–Crippen LogP) is 2.82. The van der Waals surface area contributed by atoms with E-state index in [9.17, 15) is 5.11 Å². The number of aromatic nitrogens is 2. The van der Waals surface area contributed by atoms with Crippen molar-refractivity contribution in [2.24, 2.45) is 0 Å². The highest BCUT2D eigenvalue weighted by Crippen LogP contribution is 2.46. The molecule has 0 aliphatic heterocycles. The van der Waals surface area contributed by atoms with Crippen molar-refractivity contribution in [3.63, 3.8) is 0 Å². The molecule has 3 rings (SSSR count). The molecule has 1 heterocycles. The van der Waals surface area contributed by atoms with E-state index in [1.807, 2.05) is 35.9 Å². The van der Waals surface area contributed by atoms with E-state index in [-0.39, 0.29) is 0 Å². The van der Waals surface area contributed by atoms with Gasteiger partial charge in [-0.05, 0) is 37.5 Å². The van der Waals surface area contributed by atoms with E-state index in [0.29, 0.717) is 5.02 Å². The van der Waals surface area contributed by atoms with Crippen LogP contribution in [0.5, 0.6) is 0 Å². The minimum Gasteiger partial charge on any atom is -0.385 e. The Hall–Kier alpha value is -1.32. The highest BCUT2D eigenvalue weighted by molar-refractivity contribution is 6.32. The van der Waals surface area contributed by atoms with Crippen molar-refractivity contribution in [2.75, 3.05) is 0 Å². The van der Waals surface area contributed by atoms with Gasteiger partial charge in [-0.3, -0.25) is 0 Å². The summed E-state index contributed by atoms with van der Waals surface area (Å²) < 4.78 is 1.93. The molecule has 0 unspecified atom stereocenters. The summed E-state index contributed by atoms with van der Waals surface area (Å²) in [6.45, 7) is 1.93. The highest BCUT2D eigenvalue weighted by atomic mass is 35.5. The van der Waals surface area contributed by atoms with Crippen LogP contribution in [0.15, 0.2) is 30.6 Å². The number of imidazole rings is 1. The maximum absolute atomic E-state index is 10.0. The molecular weight excluding hydrogens is 236 g/mol. The lowest BCUT2D eigenvalue weighted by Crippen LogP contribution is -2.05. The maximum Gasteiger partial charge on any atom is 0.110 e.